The Kier molecular flexibility index (Phi) is 5.33. The molecule has 1 fully saturated rings. The molecule has 0 bridgehead atoms. The number of sulfone groups is 1. The van der Waals surface area contributed by atoms with E-state index < -0.39 is 27.5 Å². The van der Waals surface area contributed by atoms with Gasteiger partial charge in [-0.3, -0.25) is 4.79 Å². The molecule has 0 saturated carbocycles. The van der Waals surface area contributed by atoms with Gasteiger partial charge in [-0.1, -0.05) is 6.07 Å². The van der Waals surface area contributed by atoms with Crippen molar-refractivity contribution >= 4 is 21.6 Å². The molecule has 0 radical (unpaired) electrons. The Balaban J connectivity index is 1.74. The number of piperazine rings is 1. The highest BCUT2D eigenvalue weighted by molar-refractivity contribution is 7.90. The van der Waals surface area contributed by atoms with Gasteiger partial charge in [0.15, 0.2) is 9.84 Å². The minimum atomic E-state index is -4.52. The normalized spacial score (nSPS) is 15.6. The number of pyridine rings is 1. The number of anilines is 1. The highest BCUT2D eigenvalue weighted by Gasteiger charge is 2.32. The average molecular weight is 413 g/mol. The quantitative estimate of drug-likeness (QED) is 0.773. The molecule has 0 unspecified atom stereocenters. The lowest BCUT2D eigenvalue weighted by atomic mass is 10.1. The Labute approximate surface area is 160 Å². The zero-order valence-corrected chi connectivity index (χ0v) is 15.8. The van der Waals surface area contributed by atoms with Crippen LogP contribution in [0.1, 0.15) is 15.9 Å². The molecule has 1 saturated heterocycles. The van der Waals surface area contributed by atoms with E-state index in [0.29, 0.717) is 18.9 Å². The van der Waals surface area contributed by atoms with Gasteiger partial charge in [0, 0.05) is 44.2 Å². The van der Waals surface area contributed by atoms with Crippen LogP contribution in [-0.4, -0.2) is 56.6 Å². The Morgan fingerprint density at radius 3 is 2.36 bits per heavy atom. The molecule has 2 aromatic rings. The Hall–Kier alpha value is -2.62. The maximum absolute atomic E-state index is 12.9. The lowest BCUT2D eigenvalue weighted by molar-refractivity contribution is -0.137. The molecule has 150 valence electrons. The van der Waals surface area contributed by atoms with Gasteiger partial charge in [-0.2, -0.15) is 13.2 Å². The van der Waals surface area contributed by atoms with Crippen LogP contribution in [-0.2, 0) is 16.0 Å². The predicted molar refractivity (Wildman–Crippen MR) is 96.9 cm³/mol. The van der Waals surface area contributed by atoms with Crippen LogP contribution in [0.3, 0.4) is 0 Å². The zero-order chi connectivity index (χ0) is 20.5. The fourth-order valence-corrected chi connectivity index (χ4v) is 3.88. The van der Waals surface area contributed by atoms with Crippen molar-refractivity contribution in [3.63, 3.8) is 0 Å². The van der Waals surface area contributed by atoms with Crippen molar-refractivity contribution in [3.8, 4) is 0 Å². The molecule has 28 heavy (non-hydrogen) atoms. The molecule has 1 amide bonds. The maximum Gasteiger partial charge on any atom is 0.416 e. The number of aromatic nitrogens is 1. The molecule has 1 aliphatic rings. The monoisotopic (exact) mass is 413 g/mol. The summed E-state index contributed by atoms with van der Waals surface area (Å²) >= 11 is 0. The second kappa shape index (κ2) is 7.42. The van der Waals surface area contributed by atoms with Crippen molar-refractivity contribution in [2.75, 3.05) is 37.3 Å². The molecule has 6 nitrogen and oxygen atoms in total. The van der Waals surface area contributed by atoms with Gasteiger partial charge < -0.3 is 9.80 Å². The van der Waals surface area contributed by atoms with E-state index in [1.165, 1.54) is 35.4 Å². The number of alkyl halides is 3. The smallest absolute Gasteiger partial charge is 0.352 e. The molecule has 0 spiro atoms. The van der Waals surface area contributed by atoms with E-state index in [1.807, 2.05) is 0 Å². The summed E-state index contributed by atoms with van der Waals surface area (Å²) < 4.78 is 62.5. The number of halogens is 3. The van der Waals surface area contributed by atoms with E-state index in [4.69, 9.17) is 0 Å². The lowest BCUT2D eigenvalue weighted by Crippen LogP contribution is -2.49. The van der Waals surface area contributed by atoms with E-state index in [-0.39, 0.29) is 23.5 Å². The minimum absolute atomic E-state index is 0.0297. The van der Waals surface area contributed by atoms with Crippen molar-refractivity contribution in [2.45, 2.75) is 11.1 Å². The third kappa shape index (κ3) is 4.27. The minimum Gasteiger partial charge on any atom is -0.352 e. The molecule has 3 rings (SSSR count). The van der Waals surface area contributed by atoms with E-state index in [1.54, 1.807) is 4.90 Å². The molecule has 1 aromatic heterocycles. The van der Waals surface area contributed by atoms with Crippen molar-refractivity contribution < 1.29 is 26.4 Å². The number of amides is 1. The van der Waals surface area contributed by atoms with Crippen LogP contribution >= 0.6 is 0 Å². The fraction of sp³-hybridized carbons (Fsp3) is 0.333. The molecule has 0 N–H and O–H groups in total. The number of nitrogens with zero attached hydrogens (tertiary/aromatic N) is 3. The summed E-state index contributed by atoms with van der Waals surface area (Å²) in [6.45, 7) is 1.14. The third-order valence-corrected chi connectivity index (χ3v) is 5.57. The first kappa shape index (κ1) is 20.1. The van der Waals surface area contributed by atoms with Crippen LogP contribution < -0.4 is 4.90 Å². The van der Waals surface area contributed by atoms with Gasteiger partial charge in [-0.25, -0.2) is 13.4 Å². The van der Waals surface area contributed by atoms with Gasteiger partial charge in [-0.15, -0.1) is 0 Å². The van der Waals surface area contributed by atoms with Crippen molar-refractivity contribution in [3.05, 3.63) is 53.7 Å². The van der Waals surface area contributed by atoms with Gasteiger partial charge in [-0.05, 0) is 30.3 Å². The van der Waals surface area contributed by atoms with E-state index >= 15 is 0 Å². The van der Waals surface area contributed by atoms with Crippen LogP contribution in [0.2, 0.25) is 0 Å². The maximum atomic E-state index is 12.9. The lowest BCUT2D eigenvalue weighted by Gasteiger charge is -2.36. The van der Waals surface area contributed by atoms with Crippen LogP contribution in [0.5, 0.6) is 0 Å². The van der Waals surface area contributed by atoms with Gasteiger partial charge in [0.1, 0.15) is 10.7 Å². The van der Waals surface area contributed by atoms with Crippen LogP contribution in [0.25, 0.3) is 0 Å². The van der Waals surface area contributed by atoms with Gasteiger partial charge in [0.2, 0.25) is 0 Å². The summed E-state index contributed by atoms with van der Waals surface area (Å²) in [5.41, 5.74) is -0.902. The number of carbonyl (C=O) groups is 1. The SMILES string of the molecule is CS(=O)(=O)c1cccnc1N1CCN(C(=O)c2cccc(C(F)(F)F)c2)CC1. The Morgan fingerprint density at radius 2 is 1.75 bits per heavy atom. The number of hydrogen-bond acceptors (Lipinski definition) is 5. The highest BCUT2D eigenvalue weighted by Crippen LogP contribution is 2.30. The standard InChI is InChI=1S/C18H18F3N3O3S/c1-28(26,27)15-6-3-7-22-16(15)23-8-10-24(11-9-23)17(25)13-4-2-5-14(12-13)18(19,20)21/h2-7,12H,8-11H2,1H3. The van der Waals surface area contributed by atoms with Crippen molar-refractivity contribution in [1.82, 2.24) is 9.88 Å². The zero-order valence-electron chi connectivity index (χ0n) is 15.0. The van der Waals surface area contributed by atoms with Gasteiger partial charge >= 0.3 is 6.18 Å². The van der Waals surface area contributed by atoms with Crippen molar-refractivity contribution in [1.29, 1.82) is 0 Å². The summed E-state index contributed by atoms with van der Waals surface area (Å²) in [4.78, 5) is 20.0. The summed E-state index contributed by atoms with van der Waals surface area (Å²) in [6.07, 6.45) is -1.93. The summed E-state index contributed by atoms with van der Waals surface area (Å²) in [5, 5.41) is 0. The summed E-state index contributed by atoms with van der Waals surface area (Å²) in [7, 11) is -3.47. The molecule has 2 heterocycles. The molecule has 10 heteroatoms. The van der Waals surface area contributed by atoms with Crippen LogP contribution in [0.4, 0.5) is 19.0 Å². The number of hydrogen-bond donors (Lipinski definition) is 0. The molecule has 1 aromatic carbocycles. The Bertz CT molecular complexity index is 985. The molecular weight excluding hydrogens is 395 g/mol. The predicted octanol–water partition coefficient (Wildman–Crippen LogP) is 2.47. The van der Waals surface area contributed by atoms with Gasteiger partial charge in [0.05, 0.1) is 5.56 Å². The topological polar surface area (TPSA) is 70.6 Å². The first-order valence-electron chi connectivity index (χ1n) is 8.44. The Morgan fingerprint density at radius 1 is 1.07 bits per heavy atom. The van der Waals surface area contributed by atoms with E-state index in [2.05, 4.69) is 4.98 Å². The van der Waals surface area contributed by atoms with Gasteiger partial charge in [0.25, 0.3) is 5.91 Å². The largest absolute Gasteiger partial charge is 0.416 e. The number of benzene rings is 1. The van der Waals surface area contributed by atoms with Crippen LogP contribution in [0.15, 0.2) is 47.5 Å². The summed E-state index contributed by atoms with van der Waals surface area (Å²) in [5.74, 6) is -0.175. The third-order valence-electron chi connectivity index (χ3n) is 4.45. The average Bonchev–Trinajstić information content (AvgIpc) is 2.66. The molecular formula is C18H18F3N3O3S. The fourth-order valence-electron chi connectivity index (χ4n) is 3.04. The molecule has 0 atom stereocenters. The number of rotatable bonds is 3. The van der Waals surface area contributed by atoms with Crippen molar-refractivity contribution in [2.24, 2.45) is 0 Å². The van der Waals surface area contributed by atoms with Crippen LogP contribution in [0, 0.1) is 0 Å². The highest BCUT2D eigenvalue weighted by atomic mass is 32.2. The van der Waals surface area contributed by atoms with E-state index in [9.17, 15) is 26.4 Å². The number of carbonyl (C=O) groups excluding carboxylic acids is 1. The molecule has 1 aliphatic heterocycles. The van der Waals surface area contributed by atoms with E-state index in [0.717, 1.165) is 18.4 Å². The molecule has 0 aliphatic carbocycles. The second-order valence-corrected chi connectivity index (χ2v) is 8.44. The summed E-state index contributed by atoms with van der Waals surface area (Å²) in [6, 6.07) is 7.33. The first-order chi connectivity index (χ1) is 13.1. The second-order valence-electron chi connectivity index (χ2n) is 6.46. The first-order valence-corrected chi connectivity index (χ1v) is 10.3.